The molecule has 0 fully saturated rings. The van der Waals surface area contributed by atoms with Gasteiger partial charge in [-0.2, -0.15) is 0 Å². The number of benzene rings is 2. The van der Waals surface area contributed by atoms with E-state index in [0.29, 0.717) is 24.5 Å². The number of halogens is 1. The van der Waals surface area contributed by atoms with Crippen LogP contribution >= 0.6 is 0 Å². The Morgan fingerprint density at radius 3 is 2.48 bits per heavy atom. The second-order valence-corrected chi connectivity index (χ2v) is 6.72. The zero-order chi connectivity index (χ0) is 20.5. The maximum Gasteiger partial charge on any atom is 0.251 e. The van der Waals surface area contributed by atoms with E-state index in [-0.39, 0.29) is 11.7 Å². The van der Waals surface area contributed by atoms with E-state index >= 15 is 0 Å². The van der Waals surface area contributed by atoms with Crippen molar-refractivity contribution in [1.82, 2.24) is 10.2 Å². The van der Waals surface area contributed by atoms with Crippen LogP contribution in [-0.2, 0) is 13.1 Å². The van der Waals surface area contributed by atoms with Crippen molar-refractivity contribution < 1.29 is 18.3 Å². The summed E-state index contributed by atoms with van der Waals surface area (Å²) in [5, 5.41) is 2.63. The lowest BCUT2D eigenvalue weighted by Gasteiger charge is -2.21. The van der Waals surface area contributed by atoms with Gasteiger partial charge in [0.2, 0.25) is 0 Å². The molecule has 3 aromatic rings. The van der Waals surface area contributed by atoms with Crippen LogP contribution in [0.3, 0.4) is 0 Å². The van der Waals surface area contributed by atoms with Crippen molar-refractivity contribution in [3.05, 3.63) is 89.6 Å². The van der Waals surface area contributed by atoms with Crippen LogP contribution in [0.1, 0.15) is 28.1 Å². The minimum Gasteiger partial charge on any atom is -0.494 e. The van der Waals surface area contributed by atoms with E-state index < -0.39 is 0 Å². The lowest BCUT2D eigenvalue weighted by Crippen LogP contribution is -2.25. The van der Waals surface area contributed by atoms with E-state index in [9.17, 15) is 9.18 Å². The first-order chi connectivity index (χ1) is 14.1. The summed E-state index contributed by atoms with van der Waals surface area (Å²) in [6.45, 7) is 2.75. The van der Waals surface area contributed by atoms with Crippen LogP contribution in [-0.4, -0.2) is 31.0 Å². The molecule has 1 N–H and O–H groups in total. The van der Waals surface area contributed by atoms with E-state index in [0.717, 1.165) is 30.8 Å². The third-order valence-corrected chi connectivity index (χ3v) is 4.51. The van der Waals surface area contributed by atoms with E-state index in [1.54, 1.807) is 25.4 Å². The number of ether oxygens (including phenoxy) is 1. The molecule has 0 radical (unpaired) electrons. The molecule has 0 aliphatic heterocycles. The molecule has 0 atom stereocenters. The molecule has 29 heavy (non-hydrogen) atoms. The molecule has 3 rings (SSSR count). The number of nitrogens with zero attached hydrogens (tertiary/aromatic N) is 1. The molecule has 5 nitrogen and oxygen atoms in total. The molecule has 6 heteroatoms. The Labute approximate surface area is 170 Å². The van der Waals surface area contributed by atoms with Gasteiger partial charge in [-0.25, -0.2) is 4.39 Å². The molecular formula is C23H25FN2O3. The average Bonchev–Trinajstić information content (AvgIpc) is 3.25. The van der Waals surface area contributed by atoms with Crippen molar-refractivity contribution in [2.75, 3.05) is 20.2 Å². The Kier molecular flexibility index (Phi) is 7.41. The van der Waals surface area contributed by atoms with Crippen molar-refractivity contribution >= 4 is 5.91 Å². The fourth-order valence-electron chi connectivity index (χ4n) is 3.01. The zero-order valence-corrected chi connectivity index (χ0v) is 16.4. The maximum absolute atomic E-state index is 13.0. The van der Waals surface area contributed by atoms with Gasteiger partial charge in [0.1, 0.15) is 17.3 Å². The van der Waals surface area contributed by atoms with Crippen molar-refractivity contribution in [3.8, 4) is 5.75 Å². The van der Waals surface area contributed by atoms with Gasteiger partial charge in [-0.05, 0) is 60.5 Å². The standard InChI is InChI=1S/C23H25FN2O3/c1-25-23(27)19-7-5-18(6-8-19)16-26(17-22-4-2-14-29-22)13-3-15-28-21-11-9-20(24)10-12-21/h2,4-12,14H,3,13,15-17H2,1H3,(H,25,27). The summed E-state index contributed by atoms with van der Waals surface area (Å²) < 4.78 is 24.1. The zero-order valence-electron chi connectivity index (χ0n) is 16.4. The topological polar surface area (TPSA) is 54.7 Å². The molecule has 0 unspecified atom stereocenters. The summed E-state index contributed by atoms with van der Waals surface area (Å²) in [5.74, 6) is 1.19. The summed E-state index contributed by atoms with van der Waals surface area (Å²) in [6.07, 6.45) is 2.48. The molecule has 0 saturated heterocycles. The highest BCUT2D eigenvalue weighted by Gasteiger charge is 2.10. The molecule has 0 aliphatic carbocycles. The van der Waals surface area contributed by atoms with Gasteiger partial charge in [0.15, 0.2) is 0 Å². The van der Waals surface area contributed by atoms with Crippen molar-refractivity contribution in [2.45, 2.75) is 19.5 Å². The second kappa shape index (κ2) is 10.4. The third-order valence-electron chi connectivity index (χ3n) is 4.51. The Hall–Kier alpha value is -3.12. The highest BCUT2D eigenvalue weighted by Crippen LogP contribution is 2.14. The number of hydrogen-bond donors (Lipinski definition) is 1. The predicted octanol–water partition coefficient (Wildman–Crippen LogP) is 4.25. The SMILES string of the molecule is CNC(=O)c1ccc(CN(CCCOc2ccc(F)cc2)Cc2ccco2)cc1. The summed E-state index contributed by atoms with van der Waals surface area (Å²) in [6, 6.07) is 17.5. The number of carbonyl (C=O) groups is 1. The number of furan rings is 1. The number of amides is 1. The largest absolute Gasteiger partial charge is 0.494 e. The van der Waals surface area contributed by atoms with E-state index in [2.05, 4.69) is 10.2 Å². The van der Waals surface area contributed by atoms with Gasteiger partial charge in [0, 0.05) is 25.7 Å². The maximum atomic E-state index is 13.0. The van der Waals surface area contributed by atoms with Gasteiger partial charge in [-0.1, -0.05) is 12.1 Å². The molecule has 152 valence electrons. The molecular weight excluding hydrogens is 371 g/mol. The summed E-state index contributed by atoms with van der Waals surface area (Å²) >= 11 is 0. The number of carbonyl (C=O) groups excluding carboxylic acids is 1. The molecule has 0 aliphatic rings. The van der Waals surface area contributed by atoms with Crippen molar-refractivity contribution in [3.63, 3.8) is 0 Å². The molecule has 1 aromatic heterocycles. The molecule has 0 bridgehead atoms. The third kappa shape index (κ3) is 6.47. The van der Waals surface area contributed by atoms with Crippen LogP contribution in [0.4, 0.5) is 4.39 Å². The predicted molar refractivity (Wildman–Crippen MR) is 109 cm³/mol. The Balaban J connectivity index is 1.55. The quantitative estimate of drug-likeness (QED) is 0.521. The van der Waals surface area contributed by atoms with Crippen LogP contribution in [0.5, 0.6) is 5.75 Å². The van der Waals surface area contributed by atoms with E-state index in [1.165, 1.54) is 12.1 Å². The van der Waals surface area contributed by atoms with Gasteiger partial charge in [-0.3, -0.25) is 9.69 Å². The fourth-order valence-corrected chi connectivity index (χ4v) is 3.01. The lowest BCUT2D eigenvalue weighted by atomic mass is 10.1. The van der Waals surface area contributed by atoms with Crippen molar-refractivity contribution in [2.24, 2.45) is 0 Å². The van der Waals surface area contributed by atoms with Crippen LogP contribution in [0.15, 0.2) is 71.3 Å². The molecule has 0 saturated carbocycles. The Morgan fingerprint density at radius 1 is 1.07 bits per heavy atom. The van der Waals surface area contributed by atoms with E-state index in [1.807, 2.05) is 36.4 Å². The first-order valence-corrected chi connectivity index (χ1v) is 9.58. The van der Waals surface area contributed by atoms with Crippen LogP contribution in [0.25, 0.3) is 0 Å². The van der Waals surface area contributed by atoms with Crippen molar-refractivity contribution in [1.29, 1.82) is 0 Å². The Morgan fingerprint density at radius 2 is 1.83 bits per heavy atom. The smallest absolute Gasteiger partial charge is 0.251 e. The monoisotopic (exact) mass is 396 g/mol. The highest BCUT2D eigenvalue weighted by molar-refractivity contribution is 5.93. The summed E-state index contributed by atoms with van der Waals surface area (Å²) in [4.78, 5) is 14.0. The normalized spacial score (nSPS) is 10.9. The fraction of sp³-hybridized carbons (Fsp3) is 0.261. The van der Waals surface area contributed by atoms with Crippen LogP contribution in [0.2, 0.25) is 0 Å². The Bertz CT molecular complexity index is 878. The second-order valence-electron chi connectivity index (χ2n) is 6.72. The number of rotatable bonds is 10. The molecule has 1 amide bonds. The number of nitrogens with one attached hydrogen (secondary N) is 1. The average molecular weight is 396 g/mol. The molecule has 2 aromatic carbocycles. The molecule has 1 heterocycles. The minimum atomic E-state index is -0.274. The van der Waals surface area contributed by atoms with Gasteiger partial charge in [0.05, 0.1) is 19.4 Å². The molecule has 0 spiro atoms. The lowest BCUT2D eigenvalue weighted by molar-refractivity contribution is 0.0963. The van der Waals surface area contributed by atoms with Crippen LogP contribution < -0.4 is 10.1 Å². The highest BCUT2D eigenvalue weighted by atomic mass is 19.1. The van der Waals surface area contributed by atoms with Crippen LogP contribution in [0, 0.1) is 5.82 Å². The minimum absolute atomic E-state index is 0.0954. The summed E-state index contributed by atoms with van der Waals surface area (Å²) in [7, 11) is 1.62. The first kappa shape index (κ1) is 20.6. The van der Waals surface area contributed by atoms with Gasteiger partial charge >= 0.3 is 0 Å². The van der Waals surface area contributed by atoms with E-state index in [4.69, 9.17) is 9.15 Å². The first-order valence-electron chi connectivity index (χ1n) is 9.58. The number of hydrogen-bond acceptors (Lipinski definition) is 4. The summed E-state index contributed by atoms with van der Waals surface area (Å²) in [5.41, 5.74) is 1.75. The van der Waals surface area contributed by atoms with Gasteiger partial charge in [0.25, 0.3) is 5.91 Å². The van der Waals surface area contributed by atoms with Gasteiger partial charge < -0.3 is 14.5 Å². The van der Waals surface area contributed by atoms with Gasteiger partial charge in [-0.15, -0.1) is 0 Å².